The van der Waals surface area contributed by atoms with Gasteiger partial charge in [-0.1, -0.05) is 0 Å². The first kappa shape index (κ1) is 32.4. The number of alkyl halides is 6. The molecule has 0 aromatic carbocycles. The van der Waals surface area contributed by atoms with Gasteiger partial charge in [-0.3, -0.25) is 0 Å². The largest absolute Gasteiger partial charge is 0.822 e. The number of rotatable bonds is 6. The van der Waals surface area contributed by atoms with Gasteiger partial charge in [0.15, 0.2) is 0 Å². The lowest BCUT2D eigenvalue weighted by atomic mass is 10.5. The van der Waals surface area contributed by atoms with Crippen LogP contribution < -0.4 is 14.7 Å². The number of halogens is 6. The molecule has 0 saturated heterocycles. The van der Waals surface area contributed by atoms with Gasteiger partial charge in [0, 0.05) is 35.3 Å². The van der Waals surface area contributed by atoms with Crippen molar-refractivity contribution in [2.45, 2.75) is 18.3 Å². The lowest BCUT2D eigenvalue weighted by molar-refractivity contribution is -0.432. The maximum atomic E-state index is 8.55. The van der Waals surface area contributed by atoms with E-state index < -0.39 is 26.1 Å². The van der Waals surface area contributed by atoms with E-state index in [-0.39, 0.29) is 35.3 Å². The van der Waals surface area contributed by atoms with Gasteiger partial charge in [-0.15, -0.1) is 69.6 Å². The first-order chi connectivity index (χ1) is 10.4. The fraction of sp³-hybridized carbons (Fsp3) is 1.00. The number of hydrogen-bond acceptors (Lipinski definition) is 7. The van der Waals surface area contributed by atoms with E-state index in [2.05, 4.69) is 0 Å². The molecule has 14 heteroatoms. The van der Waals surface area contributed by atoms with Crippen LogP contribution in [0.4, 0.5) is 0 Å². The summed E-state index contributed by atoms with van der Waals surface area (Å²) in [5.41, 5.74) is 0. The predicted octanol–water partition coefficient (Wildman–Crippen LogP) is -0.350. The molecule has 0 unspecified atom stereocenters. The van der Waals surface area contributed by atoms with Crippen molar-refractivity contribution in [3.05, 3.63) is 0 Å². The van der Waals surface area contributed by atoms with Crippen LogP contribution in [0.5, 0.6) is 0 Å². The molecule has 23 heavy (non-hydrogen) atoms. The van der Waals surface area contributed by atoms with E-state index in [1.54, 1.807) is 0 Å². The summed E-state index contributed by atoms with van der Waals surface area (Å²) in [5, 5.41) is 25.2. The van der Waals surface area contributed by atoms with Crippen molar-refractivity contribution in [1.29, 1.82) is 0 Å². The predicted molar refractivity (Wildman–Crippen MR) is 89.9 cm³/mol. The number of hydrogen-bond donors (Lipinski definition) is 3. The maximum absolute atomic E-state index is 8.55. The lowest BCUT2D eigenvalue weighted by Crippen LogP contribution is -2.24. The van der Waals surface area contributed by atoms with Crippen molar-refractivity contribution < 1.29 is 34.6 Å². The van der Waals surface area contributed by atoms with Crippen LogP contribution in [0.2, 0.25) is 0 Å². The summed E-state index contributed by atoms with van der Waals surface area (Å²) >= 11 is 30.7. The van der Waals surface area contributed by atoms with Gasteiger partial charge in [-0.2, -0.15) is 7.82 Å². The van der Waals surface area contributed by atoms with Crippen molar-refractivity contribution in [3.63, 3.8) is 0 Å². The Labute approximate surface area is 165 Å². The smallest absolute Gasteiger partial charge is 0.0810 e. The van der Waals surface area contributed by atoms with Gasteiger partial charge < -0.3 is 34.6 Å². The highest BCUT2D eigenvalue weighted by atomic mass is 35.5. The molecular formula is C9H18Cl6O7P-3. The van der Waals surface area contributed by atoms with Gasteiger partial charge in [0.2, 0.25) is 0 Å². The number of phosphoric acid groups is 1. The summed E-state index contributed by atoms with van der Waals surface area (Å²) in [6.45, 7) is 0. The second kappa shape index (κ2) is 23.7. The van der Waals surface area contributed by atoms with Gasteiger partial charge in [0.25, 0.3) is 0 Å². The molecule has 0 fully saturated rings. The molecule has 0 aromatic rings. The minimum atomic E-state index is -5.39. The maximum Gasteiger partial charge on any atom is 0.0810 e. The Bertz CT molecular complexity index is 217. The van der Waals surface area contributed by atoms with Crippen LogP contribution in [0.25, 0.3) is 0 Å². The Balaban J connectivity index is -0.000000105. The fourth-order valence-electron chi connectivity index (χ4n) is 0.124. The van der Waals surface area contributed by atoms with Crippen molar-refractivity contribution in [1.82, 2.24) is 0 Å². The molecule has 0 aliphatic rings. The zero-order chi connectivity index (χ0) is 19.5. The monoisotopic (exact) mass is 479 g/mol. The average Bonchev–Trinajstić information content (AvgIpc) is 2.51. The second-order valence-electron chi connectivity index (χ2n) is 3.33. The molecule has 0 radical (unpaired) electrons. The highest BCUT2D eigenvalue weighted by molar-refractivity contribution is 7.40. The third-order valence-corrected chi connectivity index (χ3v) is 3.21. The third kappa shape index (κ3) is 59.4. The lowest BCUT2D eigenvalue weighted by Gasteiger charge is -2.36. The SMILES string of the molecule is O=P([O-])([O-])[O-].OC(CCl)CCl.OC(CCl)CCl.OC(CCl)CCl. The molecule has 0 aliphatic heterocycles. The Hall–Kier alpha value is 1.73. The van der Waals surface area contributed by atoms with Crippen LogP contribution in [0.1, 0.15) is 0 Å². The molecule has 0 spiro atoms. The molecule has 0 saturated carbocycles. The van der Waals surface area contributed by atoms with Crippen molar-refractivity contribution >= 4 is 77.4 Å². The van der Waals surface area contributed by atoms with E-state index in [1.165, 1.54) is 0 Å². The molecule has 7 nitrogen and oxygen atoms in total. The van der Waals surface area contributed by atoms with Crippen LogP contribution in [0, 0.1) is 0 Å². The Morgan fingerprint density at radius 2 is 0.696 bits per heavy atom. The molecule has 0 rings (SSSR count). The fourth-order valence-corrected chi connectivity index (χ4v) is 1.11. The van der Waals surface area contributed by atoms with E-state index in [9.17, 15) is 0 Å². The van der Waals surface area contributed by atoms with E-state index in [4.69, 9.17) is 104 Å². The topological polar surface area (TPSA) is 147 Å². The van der Waals surface area contributed by atoms with Crippen molar-refractivity contribution in [3.8, 4) is 0 Å². The van der Waals surface area contributed by atoms with Gasteiger partial charge in [-0.05, 0) is 0 Å². The molecule has 0 heterocycles. The molecule has 0 atom stereocenters. The Morgan fingerprint density at radius 1 is 0.609 bits per heavy atom. The molecule has 0 aromatic heterocycles. The zero-order valence-electron chi connectivity index (χ0n) is 11.7. The Morgan fingerprint density at radius 3 is 0.696 bits per heavy atom. The standard InChI is InChI=1S/3C3H6Cl2O.H3O4P/c3*4-1-3(6)2-5;1-5(2,3)4/h3*3,6H,1-2H2;(H3,1,2,3,4)/p-3. The first-order valence-electron chi connectivity index (χ1n) is 5.56. The normalized spacial score (nSPS) is 10.4. The van der Waals surface area contributed by atoms with Gasteiger partial charge >= 0.3 is 0 Å². The van der Waals surface area contributed by atoms with Crippen LogP contribution in [-0.4, -0.2) is 68.9 Å². The molecular weight excluding hydrogens is 464 g/mol. The van der Waals surface area contributed by atoms with E-state index in [1.807, 2.05) is 0 Å². The first-order valence-corrected chi connectivity index (χ1v) is 10.2. The summed E-state index contributed by atoms with van der Waals surface area (Å²) in [6, 6.07) is 0. The summed E-state index contributed by atoms with van der Waals surface area (Å²) in [5.74, 6) is 1.35. The summed E-state index contributed by atoms with van der Waals surface area (Å²) in [7, 11) is -5.39. The highest BCUT2D eigenvalue weighted by Crippen LogP contribution is 2.03. The average molecular weight is 482 g/mol. The molecule has 0 aliphatic carbocycles. The quantitative estimate of drug-likeness (QED) is 0.347. The molecule has 0 amide bonds. The summed E-state index contributed by atoms with van der Waals surface area (Å²) in [6.07, 6.45) is -1.60. The van der Waals surface area contributed by atoms with E-state index in [0.29, 0.717) is 0 Å². The van der Waals surface area contributed by atoms with Crippen LogP contribution >= 0.6 is 77.4 Å². The molecule has 3 N–H and O–H groups in total. The molecule has 146 valence electrons. The van der Waals surface area contributed by atoms with Crippen LogP contribution in [-0.2, 0) is 4.57 Å². The van der Waals surface area contributed by atoms with Crippen molar-refractivity contribution in [2.75, 3.05) is 35.3 Å². The van der Waals surface area contributed by atoms with Crippen molar-refractivity contribution in [2.24, 2.45) is 0 Å². The van der Waals surface area contributed by atoms with Crippen LogP contribution in [0.15, 0.2) is 0 Å². The minimum Gasteiger partial charge on any atom is -0.822 e. The number of aliphatic hydroxyl groups excluding tert-OH is 3. The number of aliphatic hydroxyl groups is 3. The third-order valence-electron chi connectivity index (χ3n) is 1.07. The summed E-state index contributed by atoms with van der Waals surface area (Å²) < 4.78 is 8.55. The van der Waals surface area contributed by atoms with E-state index in [0.717, 1.165) is 0 Å². The van der Waals surface area contributed by atoms with Gasteiger partial charge in [0.1, 0.15) is 0 Å². The van der Waals surface area contributed by atoms with Gasteiger partial charge in [0.05, 0.1) is 18.3 Å². The molecule has 0 bridgehead atoms. The van der Waals surface area contributed by atoms with Crippen LogP contribution in [0.3, 0.4) is 0 Å². The Kier molecular flexibility index (Phi) is 33.4. The van der Waals surface area contributed by atoms with E-state index >= 15 is 0 Å². The zero-order valence-corrected chi connectivity index (χ0v) is 17.1. The van der Waals surface area contributed by atoms with Gasteiger partial charge in [-0.25, -0.2) is 0 Å². The highest BCUT2D eigenvalue weighted by Gasteiger charge is 1.95. The minimum absolute atomic E-state index is 0.226. The second-order valence-corrected chi connectivity index (χ2v) is 6.08. The summed E-state index contributed by atoms with van der Waals surface area (Å²) in [4.78, 5) is 25.6.